The summed E-state index contributed by atoms with van der Waals surface area (Å²) in [5.41, 5.74) is 3.83. The summed E-state index contributed by atoms with van der Waals surface area (Å²) in [5, 5.41) is 14.0. The maximum atomic E-state index is 11.6. The second-order valence-corrected chi connectivity index (χ2v) is 5.04. The third kappa shape index (κ3) is 4.79. The van der Waals surface area contributed by atoms with E-state index in [2.05, 4.69) is 10.5 Å². The minimum Gasteiger partial charge on any atom is -0.507 e. The number of phenols is 1. The number of ether oxygens (including phenoxy) is 1. The summed E-state index contributed by atoms with van der Waals surface area (Å²) in [6.07, 6.45) is 1.37. The van der Waals surface area contributed by atoms with E-state index in [0.29, 0.717) is 16.3 Å². The van der Waals surface area contributed by atoms with Crippen LogP contribution in [0.4, 0.5) is 0 Å². The van der Waals surface area contributed by atoms with Crippen LogP contribution in [0.2, 0.25) is 5.02 Å². The Labute approximate surface area is 133 Å². The Hall–Kier alpha value is -2.53. The number of carbonyl (C=O) groups excluding carboxylic acids is 1. The second-order valence-electron chi connectivity index (χ2n) is 4.60. The van der Waals surface area contributed by atoms with Crippen molar-refractivity contribution in [3.05, 3.63) is 58.6 Å². The quantitative estimate of drug-likeness (QED) is 0.658. The predicted molar refractivity (Wildman–Crippen MR) is 85.5 cm³/mol. The monoisotopic (exact) mass is 318 g/mol. The van der Waals surface area contributed by atoms with Gasteiger partial charge in [0, 0.05) is 10.6 Å². The summed E-state index contributed by atoms with van der Waals surface area (Å²) in [7, 11) is 0. The molecule has 0 saturated carbocycles. The molecule has 5 nitrogen and oxygen atoms in total. The summed E-state index contributed by atoms with van der Waals surface area (Å²) >= 11 is 5.81. The number of aromatic hydroxyl groups is 1. The molecule has 0 aromatic heterocycles. The number of hydrogen-bond donors (Lipinski definition) is 2. The highest BCUT2D eigenvalue weighted by Gasteiger charge is 2.02. The summed E-state index contributed by atoms with van der Waals surface area (Å²) < 4.78 is 5.27. The van der Waals surface area contributed by atoms with Crippen molar-refractivity contribution in [3.63, 3.8) is 0 Å². The molecule has 2 aromatic carbocycles. The molecule has 0 radical (unpaired) electrons. The van der Waals surface area contributed by atoms with E-state index in [9.17, 15) is 9.90 Å². The normalized spacial score (nSPS) is 10.6. The van der Waals surface area contributed by atoms with E-state index in [0.717, 1.165) is 5.56 Å². The first-order valence-corrected chi connectivity index (χ1v) is 6.92. The maximum absolute atomic E-state index is 11.6. The van der Waals surface area contributed by atoms with E-state index < -0.39 is 5.91 Å². The molecule has 0 heterocycles. The van der Waals surface area contributed by atoms with Gasteiger partial charge < -0.3 is 9.84 Å². The number of halogens is 1. The number of phenolic OH excluding ortho intramolecular Hbond substituents is 1. The van der Waals surface area contributed by atoms with Gasteiger partial charge in [-0.2, -0.15) is 5.10 Å². The number of carbonyl (C=O) groups is 1. The minimum atomic E-state index is -0.414. The molecule has 0 aliphatic heterocycles. The summed E-state index contributed by atoms with van der Waals surface area (Å²) in [6, 6.07) is 11.9. The molecule has 0 atom stereocenters. The number of hydrogen-bond acceptors (Lipinski definition) is 4. The minimum absolute atomic E-state index is 0.0961. The molecule has 1 amide bonds. The van der Waals surface area contributed by atoms with Crippen LogP contribution in [0.25, 0.3) is 0 Å². The highest BCUT2D eigenvalue weighted by atomic mass is 35.5. The number of benzene rings is 2. The fraction of sp³-hybridized carbons (Fsp3) is 0.125. The molecule has 2 rings (SSSR count). The highest BCUT2D eigenvalue weighted by molar-refractivity contribution is 6.30. The van der Waals surface area contributed by atoms with Crippen molar-refractivity contribution < 1.29 is 14.6 Å². The first kappa shape index (κ1) is 15.9. The molecule has 0 bridgehead atoms. The lowest BCUT2D eigenvalue weighted by atomic mass is 10.1. The molecule has 22 heavy (non-hydrogen) atoms. The van der Waals surface area contributed by atoms with Crippen LogP contribution in [0.5, 0.6) is 11.5 Å². The van der Waals surface area contributed by atoms with Crippen molar-refractivity contribution in [2.45, 2.75) is 6.92 Å². The van der Waals surface area contributed by atoms with Crippen molar-refractivity contribution in [3.8, 4) is 11.5 Å². The Bertz CT molecular complexity index is 702. The summed E-state index contributed by atoms with van der Waals surface area (Å²) in [4.78, 5) is 11.6. The zero-order valence-electron chi connectivity index (χ0n) is 11.9. The van der Waals surface area contributed by atoms with Crippen LogP contribution in [0.3, 0.4) is 0 Å². The Balaban J connectivity index is 1.85. The topological polar surface area (TPSA) is 70.9 Å². The number of hydrazone groups is 1. The van der Waals surface area contributed by atoms with Crippen molar-refractivity contribution >= 4 is 23.7 Å². The third-order valence-corrected chi connectivity index (χ3v) is 2.98. The largest absolute Gasteiger partial charge is 0.507 e. The second kappa shape index (κ2) is 7.47. The molecule has 0 spiro atoms. The first-order chi connectivity index (χ1) is 10.5. The number of nitrogens with zero attached hydrogens (tertiary/aromatic N) is 1. The van der Waals surface area contributed by atoms with Gasteiger partial charge in [-0.15, -0.1) is 0 Å². The molecule has 0 saturated heterocycles. The van der Waals surface area contributed by atoms with Gasteiger partial charge in [0.15, 0.2) is 6.61 Å². The molecule has 0 aliphatic carbocycles. The van der Waals surface area contributed by atoms with Gasteiger partial charge in [-0.3, -0.25) is 4.79 Å². The lowest BCUT2D eigenvalue weighted by molar-refractivity contribution is -0.123. The van der Waals surface area contributed by atoms with E-state index in [1.807, 2.05) is 6.92 Å². The van der Waals surface area contributed by atoms with Gasteiger partial charge >= 0.3 is 0 Å². The van der Waals surface area contributed by atoms with E-state index in [-0.39, 0.29) is 12.4 Å². The Kier molecular flexibility index (Phi) is 5.38. The van der Waals surface area contributed by atoms with Crippen molar-refractivity contribution in [2.75, 3.05) is 6.61 Å². The smallest absolute Gasteiger partial charge is 0.277 e. The van der Waals surface area contributed by atoms with Crippen LogP contribution >= 0.6 is 11.6 Å². The van der Waals surface area contributed by atoms with Gasteiger partial charge in [-0.25, -0.2) is 5.43 Å². The van der Waals surface area contributed by atoms with E-state index in [4.69, 9.17) is 16.3 Å². The van der Waals surface area contributed by atoms with Gasteiger partial charge in [0.05, 0.1) is 6.21 Å². The molecular formula is C16H15ClN2O3. The Morgan fingerprint density at radius 1 is 1.36 bits per heavy atom. The van der Waals surface area contributed by atoms with Crippen molar-refractivity contribution in [2.24, 2.45) is 5.10 Å². The van der Waals surface area contributed by atoms with Crippen molar-refractivity contribution in [1.29, 1.82) is 0 Å². The van der Waals surface area contributed by atoms with Crippen LogP contribution < -0.4 is 10.2 Å². The maximum Gasteiger partial charge on any atom is 0.277 e. The Morgan fingerprint density at radius 3 is 2.95 bits per heavy atom. The Morgan fingerprint density at radius 2 is 2.18 bits per heavy atom. The molecule has 2 N–H and O–H groups in total. The first-order valence-electron chi connectivity index (χ1n) is 6.54. The summed E-state index contributed by atoms with van der Waals surface area (Å²) in [6.45, 7) is 1.71. The van der Waals surface area contributed by atoms with Gasteiger partial charge in [0.25, 0.3) is 5.91 Å². The van der Waals surface area contributed by atoms with E-state index in [1.54, 1.807) is 42.5 Å². The fourth-order valence-corrected chi connectivity index (χ4v) is 1.87. The lowest BCUT2D eigenvalue weighted by Gasteiger charge is -2.05. The van der Waals surface area contributed by atoms with Crippen LogP contribution in [-0.4, -0.2) is 23.8 Å². The SMILES string of the molecule is Cc1ccc(O)c(/C=N\NC(=O)COc2cccc(Cl)c2)c1. The van der Waals surface area contributed by atoms with E-state index in [1.165, 1.54) is 6.21 Å². The summed E-state index contributed by atoms with van der Waals surface area (Å²) in [5.74, 6) is 0.185. The molecule has 6 heteroatoms. The van der Waals surface area contributed by atoms with Crippen LogP contribution in [0.15, 0.2) is 47.6 Å². The molecule has 0 aliphatic rings. The standard InChI is InChI=1S/C16H15ClN2O3/c1-11-5-6-15(20)12(7-11)9-18-19-16(21)10-22-14-4-2-3-13(17)8-14/h2-9,20H,10H2,1H3,(H,19,21)/b18-9-. The predicted octanol–water partition coefficient (Wildman–Crippen LogP) is 2.88. The number of amides is 1. The van der Waals surface area contributed by atoms with Crippen LogP contribution in [-0.2, 0) is 4.79 Å². The fourth-order valence-electron chi connectivity index (χ4n) is 1.69. The van der Waals surface area contributed by atoms with Crippen LogP contribution in [0.1, 0.15) is 11.1 Å². The lowest BCUT2D eigenvalue weighted by Crippen LogP contribution is -2.24. The van der Waals surface area contributed by atoms with Gasteiger partial charge in [0.2, 0.25) is 0 Å². The molecule has 2 aromatic rings. The van der Waals surface area contributed by atoms with Crippen molar-refractivity contribution in [1.82, 2.24) is 5.43 Å². The van der Waals surface area contributed by atoms with Gasteiger partial charge in [0.1, 0.15) is 11.5 Å². The van der Waals surface area contributed by atoms with Gasteiger partial charge in [-0.1, -0.05) is 29.3 Å². The number of aryl methyl sites for hydroxylation is 1. The van der Waals surface area contributed by atoms with Crippen LogP contribution in [0, 0.1) is 6.92 Å². The average Bonchev–Trinajstić information content (AvgIpc) is 2.49. The number of nitrogens with one attached hydrogen (secondary N) is 1. The highest BCUT2D eigenvalue weighted by Crippen LogP contribution is 2.17. The zero-order chi connectivity index (χ0) is 15.9. The molecule has 0 unspecified atom stereocenters. The zero-order valence-corrected chi connectivity index (χ0v) is 12.7. The molecule has 114 valence electrons. The van der Waals surface area contributed by atoms with Gasteiger partial charge in [-0.05, 0) is 37.3 Å². The molecular weight excluding hydrogens is 304 g/mol. The van der Waals surface area contributed by atoms with E-state index >= 15 is 0 Å². The third-order valence-electron chi connectivity index (χ3n) is 2.74. The molecule has 0 fully saturated rings. The average molecular weight is 319 g/mol. The number of rotatable bonds is 5.